The maximum Gasteiger partial charge on any atom is 0.164 e. The Labute approximate surface area is 115 Å². The minimum Gasteiger partial charge on any atom is -0.314 e. The van der Waals surface area contributed by atoms with E-state index in [1.807, 2.05) is 0 Å². The summed E-state index contributed by atoms with van der Waals surface area (Å²) >= 11 is 1.76. The Hall–Kier alpha value is 0.220. The average molecular weight is 292 g/mol. The van der Waals surface area contributed by atoms with Crippen molar-refractivity contribution in [2.24, 2.45) is 0 Å². The van der Waals surface area contributed by atoms with Crippen LogP contribution in [0, 0.1) is 0 Å². The Morgan fingerprint density at radius 1 is 1.44 bits per heavy atom. The molecule has 6 heteroatoms. The fourth-order valence-corrected chi connectivity index (χ4v) is 5.78. The zero-order chi connectivity index (χ0) is 13.0. The lowest BCUT2D eigenvalue weighted by atomic mass is 10.1. The van der Waals surface area contributed by atoms with Crippen molar-refractivity contribution in [3.63, 3.8) is 0 Å². The summed E-state index contributed by atoms with van der Waals surface area (Å²) in [6, 6.07) is 0.667. The van der Waals surface area contributed by atoms with E-state index in [-0.39, 0.29) is 5.37 Å². The van der Waals surface area contributed by atoms with E-state index >= 15 is 0 Å². The zero-order valence-electron chi connectivity index (χ0n) is 11.1. The SMILES string of the molecule is CS(=O)(=O)C1CSCCN1CCCC1CCCN1. The van der Waals surface area contributed by atoms with Crippen LogP contribution in [0.15, 0.2) is 0 Å². The van der Waals surface area contributed by atoms with Crippen molar-refractivity contribution in [2.45, 2.75) is 37.1 Å². The summed E-state index contributed by atoms with van der Waals surface area (Å²) < 4.78 is 23.5. The normalized spacial score (nSPS) is 30.7. The van der Waals surface area contributed by atoms with E-state index in [9.17, 15) is 8.42 Å². The lowest BCUT2D eigenvalue weighted by molar-refractivity contribution is 0.261. The quantitative estimate of drug-likeness (QED) is 0.817. The highest BCUT2D eigenvalue weighted by molar-refractivity contribution is 8.00. The van der Waals surface area contributed by atoms with Crippen molar-refractivity contribution in [1.29, 1.82) is 0 Å². The summed E-state index contributed by atoms with van der Waals surface area (Å²) in [5, 5.41) is 3.24. The van der Waals surface area contributed by atoms with Gasteiger partial charge in [0.2, 0.25) is 0 Å². The second-order valence-corrected chi connectivity index (χ2v) is 8.68. The van der Waals surface area contributed by atoms with Crippen LogP contribution in [-0.4, -0.2) is 62.1 Å². The second kappa shape index (κ2) is 6.59. The second-order valence-electron chi connectivity index (χ2n) is 5.33. The molecule has 0 saturated carbocycles. The number of rotatable bonds is 5. The topological polar surface area (TPSA) is 49.4 Å². The minimum atomic E-state index is -2.94. The largest absolute Gasteiger partial charge is 0.314 e. The first-order valence-corrected chi connectivity index (χ1v) is 9.92. The van der Waals surface area contributed by atoms with Crippen molar-refractivity contribution in [1.82, 2.24) is 10.2 Å². The first-order chi connectivity index (χ1) is 8.57. The van der Waals surface area contributed by atoms with Crippen LogP contribution in [0.4, 0.5) is 0 Å². The van der Waals surface area contributed by atoms with Gasteiger partial charge in [0, 0.05) is 30.3 Å². The molecule has 4 nitrogen and oxygen atoms in total. The van der Waals surface area contributed by atoms with E-state index in [2.05, 4.69) is 10.2 Å². The molecule has 2 atom stereocenters. The maximum absolute atomic E-state index is 11.7. The summed E-state index contributed by atoms with van der Waals surface area (Å²) in [6.07, 6.45) is 6.23. The first kappa shape index (κ1) is 14.6. The van der Waals surface area contributed by atoms with Gasteiger partial charge < -0.3 is 5.32 Å². The Balaban J connectivity index is 1.78. The van der Waals surface area contributed by atoms with E-state index in [1.54, 1.807) is 11.8 Å². The summed E-state index contributed by atoms with van der Waals surface area (Å²) in [5.41, 5.74) is 0. The van der Waals surface area contributed by atoms with E-state index in [0.29, 0.717) is 6.04 Å². The molecule has 2 aliphatic heterocycles. The molecule has 18 heavy (non-hydrogen) atoms. The van der Waals surface area contributed by atoms with Crippen LogP contribution in [0.3, 0.4) is 0 Å². The molecule has 0 aliphatic carbocycles. The van der Waals surface area contributed by atoms with Gasteiger partial charge in [0.15, 0.2) is 9.84 Å². The standard InChI is InChI=1S/C12H24N2O2S2/c1-18(15,16)12-10-17-9-8-14(12)7-3-5-11-4-2-6-13-11/h11-13H,2-10H2,1H3. The van der Waals surface area contributed by atoms with Crippen molar-refractivity contribution < 1.29 is 8.42 Å². The van der Waals surface area contributed by atoms with Crippen molar-refractivity contribution in [2.75, 3.05) is 37.4 Å². The number of nitrogens with one attached hydrogen (secondary N) is 1. The number of thioether (sulfide) groups is 1. The van der Waals surface area contributed by atoms with Gasteiger partial charge in [0.25, 0.3) is 0 Å². The van der Waals surface area contributed by atoms with E-state index < -0.39 is 9.84 Å². The molecule has 2 saturated heterocycles. The Morgan fingerprint density at radius 2 is 2.28 bits per heavy atom. The molecule has 2 unspecified atom stereocenters. The van der Waals surface area contributed by atoms with Crippen LogP contribution >= 0.6 is 11.8 Å². The highest BCUT2D eigenvalue weighted by atomic mass is 32.2. The molecule has 2 heterocycles. The van der Waals surface area contributed by atoms with Crippen LogP contribution < -0.4 is 5.32 Å². The molecule has 106 valence electrons. The predicted molar refractivity (Wildman–Crippen MR) is 77.8 cm³/mol. The number of hydrogen-bond donors (Lipinski definition) is 1. The van der Waals surface area contributed by atoms with Crippen molar-refractivity contribution in [3.8, 4) is 0 Å². The predicted octanol–water partition coefficient (Wildman–Crippen LogP) is 0.938. The third kappa shape index (κ3) is 4.11. The molecule has 0 aromatic rings. The van der Waals surface area contributed by atoms with Crippen LogP contribution in [0.25, 0.3) is 0 Å². The molecule has 0 radical (unpaired) electrons. The van der Waals surface area contributed by atoms with Gasteiger partial charge in [-0.1, -0.05) is 0 Å². The lowest BCUT2D eigenvalue weighted by Gasteiger charge is -2.34. The van der Waals surface area contributed by atoms with Crippen LogP contribution in [0.1, 0.15) is 25.7 Å². The third-order valence-electron chi connectivity index (χ3n) is 3.85. The monoisotopic (exact) mass is 292 g/mol. The number of sulfone groups is 1. The molecule has 2 aliphatic rings. The molecule has 0 bridgehead atoms. The van der Waals surface area contributed by atoms with Crippen molar-refractivity contribution in [3.05, 3.63) is 0 Å². The van der Waals surface area contributed by atoms with Gasteiger partial charge in [-0.15, -0.1) is 0 Å². The summed E-state index contributed by atoms with van der Waals surface area (Å²) in [4.78, 5) is 2.17. The highest BCUT2D eigenvalue weighted by Crippen LogP contribution is 2.21. The van der Waals surface area contributed by atoms with Gasteiger partial charge in [0.1, 0.15) is 5.37 Å². The highest BCUT2D eigenvalue weighted by Gasteiger charge is 2.30. The van der Waals surface area contributed by atoms with Gasteiger partial charge in [-0.25, -0.2) is 8.42 Å². The van der Waals surface area contributed by atoms with Crippen LogP contribution in [0.2, 0.25) is 0 Å². The lowest BCUT2D eigenvalue weighted by Crippen LogP contribution is -2.47. The van der Waals surface area contributed by atoms with Gasteiger partial charge in [-0.05, 0) is 38.8 Å². The number of nitrogens with zero attached hydrogens (tertiary/aromatic N) is 1. The molecule has 0 aromatic carbocycles. The van der Waals surface area contributed by atoms with Gasteiger partial charge in [-0.2, -0.15) is 11.8 Å². The summed E-state index contributed by atoms with van der Waals surface area (Å²) in [7, 11) is -2.94. The molecule has 0 amide bonds. The molecule has 0 spiro atoms. The third-order valence-corrected chi connectivity index (χ3v) is 6.53. The average Bonchev–Trinajstić information content (AvgIpc) is 2.81. The molecule has 2 rings (SSSR count). The minimum absolute atomic E-state index is 0.257. The summed E-state index contributed by atoms with van der Waals surface area (Å²) in [6.45, 7) is 2.99. The Morgan fingerprint density at radius 3 is 2.94 bits per heavy atom. The maximum atomic E-state index is 11.7. The first-order valence-electron chi connectivity index (χ1n) is 6.81. The smallest absolute Gasteiger partial charge is 0.164 e. The van der Waals surface area contributed by atoms with Crippen LogP contribution in [0.5, 0.6) is 0 Å². The molecule has 0 aromatic heterocycles. The summed E-state index contributed by atoms with van der Waals surface area (Å²) in [5.74, 6) is 1.80. The molecule has 2 fully saturated rings. The fourth-order valence-electron chi connectivity index (χ4n) is 2.81. The van der Waals surface area contributed by atoms with Gasteiger partial charge >= 0.3 is 0 Å². The molecular weight excluding hydrogens is 268 g/mol. The van der Waals surface area contributed by atoms with Gasteiger partial charge in [-0.3, -0.25) is 4.90 Å². The molecule has 1 N–H and O–H groups in total. The number of hydrogen-bond acceptors (Lipinski definition) is 5. The van der Waals surface area contributed by atoms with Gasteiger partial charge in [0.05, 0.1) is 0 Å². The fraction of sp³-hybridized carbons (Fsp3) is 1.00. The Bertz CT molecular complexity index is 353. The Kier molecular flexibility index (Phi) is 5.35. The van der Waals surface area contributed by atoms with E-state index in [1.165, 1.54) is 25.5 Å². The molecular formula is C12H24N2O2S2. The van der Waals surface area contributed by atoms with Crippen molar-refractivity contribution >= 4 is 21.6 Å². The van der Waals surface area contributed by atoms with Crippen LogP contribution in [-0.2, 0) is 9.84 Å². The van der Waals surface area contributed by atoms with E-state index in [0.717, 1.165) is 37.6 Å². The van der Waals surface area contributed by atoms with E-state index in [4.69, 9.17) is 0 Å². The zero-order valence-corrected chi connectivity index (χ0v) is 12.7.